The number of hydrogen-bond acceptors (Lipinski definition) is 5. The Bertz CT molecular complexity index is 937. The van der Waals surface area contributed by atoms with Crippen molar-refractivity contribution in [1.82, 2.24) is 4.90 Å². The number of likely N-dealkylation sites (tertiary alicyclic amines) is 1. The first kappa shape index (κ1) is 19.2. The number of benzene rings is 2. The molecule has 0 saturated carbocycles. The highest BCUT2D eigenvalue weighted by atomic mass is 19.1. The lowest BCUT2D eigenvalue weighted by Crippen LogP contribution is -2.40. The number of carbonyl (C=O) groups excluding carboxylic acids is 2. The highest BCUT2D eigenvalue weighted by Gasteiger charge is 2.29. The summed E-state index contributed by atoms with van der Waals surface area (Å²) in [6.07, 6.45) is 1.13. The van der Waals surface area contributed by atoms with Gasteiger partial charge < -0.3 is 19.1 Å². The van der Waals surface area contributed by atoms with Gasteiger partial charge in [-0.3, -0.25) is 9.59 Å². The molecule has 0 unspecified atom stereocenters. The number of ether oxygens (including phenoxy) is 3. The largest absolute Gasteiger partial charge is 0.494 e. The highest BCUT2D eigenvalue weighted by molar-refractivity contribution is 5.99. The molecule has 7 heteroatoms. The molecule has 152 valence electrons. The molecule has 2 aromatic rings. The van der Waals surface area contributed by atoms with E-state index in [1.165, 1.54) is 19.2 Å². The third-order valence-electron chi connectivity index (χ3n) is 5.38. The standard InChI is InChI=1S/C22H22FNO5/c1-27-18-4-3-16(12-17(18)23)22(26)24-8-6-14(7-9-24)21(25)15-2-5-19-20(13-15)29-11-10-28-19/h2-5,12-14H,6-11H2,1H3. The van der Waals surface area contributed by atoms with Gasteiger partial charge in [0, 0.05) is 30.1 Å². The molecule has 2 aliphatic rings. The number of halogens is 1. The lowest BCUT2D eigenvalue weighted by Gasteiger charge is -2.31. The number of hydrogen-bond donors (Lipinski definition) is 0. The van der Waals surface area contributed by atoms with Gasteiger partial charge >= 0.3 is 0 Å². The zero-order valence-corrected chi connectivity index (χ0v) is 16.2. The van der Waals surface area contributed by atoms with Crippen molar-refractivity contribution in [2.75, 3.05) is 33.4 Å². The molecular formula is C22H22FNO5. The van der Waals surface area contributed by atoms with Crippen LogP contribution in [0.2, 0.25) is 0 Å². The average Bonchev–Trinajstić information content (AvgIpc) is 2.77. The summed E-state index contributed by atoms with van der Waals surface area (Å²) >= 11 is 0. The fourth-order valence-corrected chi connectivity index (χ4v) is 3.76. The van der Waals surface area contributed by atoms with Crippen LogP contribution in [0.25, 0.3) is 0 Å². The molecule has 2 heterocycles. The average molecular weight is 399 g/mol. The first-order valence-corrected chi connectivity index (χ1v) is 9.63. The molecule has 2 aromatic carbocycles. The number of methoxy groups -OCH3 is 1. The molecule has 4 rings (SSSR count). The lowest BCUT2D eigenvalue weighted by molar-refractivity contribution is 0.0649. The number of nitrogens with zero attached hydrogens (tertiary/aromatic N) is 1. The monoisotopic (exact) mass is 399 g/mol. The molecule has 0 spiro atoms. The van der Waals surface area contributed by atoms with Crippen molar-refractivity contribution in [2.24, 2.45) is 5.92 Å². The maximum absolute atomic E-state index is 13.9. The summed E-state index contributed by atoms with van der Waals surface area (Å²) in [5, 5.41) is 0. The summed E-state index contributed by atoms with van der Waals surface area (Å²) in [5.74, 6) is 0.430. The van der Waals surface area contributed by atoms with E-state index in [2.05, 4.69) is 0 Å². The zero-order chi connectivity index (χ0) is 20.4. The summed E-state index contributed by atoms with van der Waals surface area (Å²) in [7, 11) is 1.38. The minimum absolute atomic E-state index is 0.0459. The van der Waals surface area contributed by atoms with Gasteiger partial charge in [0.05, 0.1) is 7.11 Å². The van der Waals surface area contributed by atoms with Crippen LogP contribution >= 0.6 is 0 Å². The predicted octanol–water partition coefficient (Wildman–Crippen LogP) is 3.34. The topological polar surface area (TPSA) is 65.1 Å². The Kier molecular flexibility index (Phi) is 5.38. The van der Waals surface area contributed by atoms with Crippen LogP contribution in [0.3, 0.4) is 0 Å². The smallest absolute Gasteiger partial charge is 0.253 e. The first-order chi connectivity index (χ1) is 14.1. The SMILES string of the molecule is COc1ccc(C(=O)N2CCC(C(=O)c3ccc4c(c3)OCCO4)CC2)cc1F. The van der Waals surface area contributed by atoms with Crippen molar-refractivity contribution in [2.45, 2.75) is 12.8 Å². The Morgan fingerprint density at radius 1 is 1.00 bits per heavy atom. The van der Waals surface area contributed by atoms with Crippen molar-refractivity contribution < 1.29 is 28.2 Å². The van der Waals surface area contributed by atoms with Gasteiger partial charge in [-0.2, -0.15) is 0 Å². The van der Waals surface area contributed by atoms with Gasteiger partial charge in [-0.1, -0.05) is 0 Å². The van der Waals surface area contributed by atoms with Crippen LogP contribution in [-0.2, 0) is 0 Å². The number of ketones is 1. The van der Waals surface area contributed by atoms with Gasteiger partial charge in [0.1, 0.15) is 13.2 Å². The van der Waals surface area contributed by atoms with Gasteiger partial charge in [0.25, 0.3) is 5.91 Å². The van der Waals surface area contributed by atoms with E-state index >= 15 is 0 Å². The number of rotatable bonds is 4. The lowest BCUT2D eigenvalue weighted by atomic mass is 9.88. The maximum Gasteiger partial charge on any atom is 0.253 e. The number of Topliss-reactive ketones (excluding diaryl/α,β-unsaturated/α-hetero) is 1. The van der Waals surface area contributed by atoms with E-state index in [1.807, 2.05) is 0 Å². The van der Waals surface area contributed by atoms with Gasteiger partial charge in [-0.15, -0.1) is 0 Å². The number of fused-ring (bicyclic) bond motifs is 1. The Hall–Kier alpha value is -3.09. The molecule has 0 bridgehead atoms. The van der Waals surface area contributed by atoms with Crippen molar-refractivity contribution in [3.8, 4) is 17.2 Å². The molecular weight excluding hydrogens is 377 g/mol. The number of amides is 1. The van der Waals surface area contributed by atoms with E-state index in [-0.39, 0.29) is 28.9 Å². The van der Waals surface area contributed by atoms with Crippen LogP contribution in [0.5, 0.6) is 17.2 Å². The van der Waals surface area contributed by atoms with Gasteiger partial charge in [0.2, 0.25) is 0 Å². The maximum atomic E-state index is 13.9. The third kappa shape index (κ3) is 3.90. The van der Waals surface area contributed by atoms with E-state index in [1.54, 1.807) is 29.2 Å². The molecule has 0 N–H and O–H groups in total. The molecule has 0 radical (unpaired) electrons. The molecule has 1 amide bonds. The van der Waals surface area contributed by atoms with E-state index in [0.29, 0.717) is 56.2 Å². The summed E-state index contributed by atoms with van der Waals surface area (Å²) in [6, 6.07) is 9.44. The highest BCUT2D eigenvalue weighted by Crippen LogP contribution is 2.32. The molecule has 6 nitrogen and oxygen atoms in total. The quantitative estimate of drug-likeness (QED) is 0.738. The zero-order valence-electron chi connectivity index (χ0n) is 16.2. The van der Waals surface area contributed by atoms with Crippen molar-refractivity contribution in [3.63, 3.8) is 0 Å². The van der Waals surface area contributed by atoms with Crippen LogP contribution in [0, 0.1) is 11.7 Å². The second-order valence-electron chi connectivity index (χ2n) is 7.14. The van der Waals surface area contributed by atoms with E-state index in [0.717, 1.165) is 0 Å². The number of carbonyl (C=O) groups is 2. The predicted molar refractivity (Wildman–Crippen MR) is 103 cm³/mol. The van der Waals surface area contributed by atoms with E-state index < -0.39 is 5.82 Å². The molecule has 1 fully saturated rings. The molecule has 29 heavy (non-hydrogen) atoms. The van der Waals surface area contributed by atoms with Gasteiger partial charge in [-0.05, 0) is 49.2 Å². The fraction of sp³-hybridized carbons (Fsp3) is 0.364. The molecule has 0 aliphatic carbocycles. The third-order valence-corrected chi connectivity index (χ3v) is 5.38. The van der Waals surface area contributed by atoms with Crippen molar-refractivity contribution >= 4 is 11.7 Å². The molecule has 0 aromatic heterocycles. The Morgan fingerprint density at radius 3 is 2.38 bits per heavy atom. The Labute approximate surface area is 168 Å². The van der Waals surface area contributed by atoms with Crippen LogP contribution < -0.4 is 14.2 Å². The van der Waals surface area contributed by atoms with Crippen LogP contribution in [0.4, 0.5) is 4.39 Å². The summed E-state index contributed by atoms with van der Waals surface area (Å²) in [6.45, 7) is 1.88. The Balaban J connectivity index is 1.39. The second-order valence-corrected chi connectivity index (χ2v) is 7.14. The summed E-state index contributed by atoms with van der Waals surface area (Å²) in [5.41, 5.74) is 0.871. The van der Waals surface area contributed by atoms with E-state index in [4.69, 9.17) is 14.2 Å². The molecule has 2 aliphatic heterocycles. The minimum atomic E-state index is -0.568. The van der Waals surface area contributed by atoms with E-state index in [9.17, 15) is 14.0 Å². The van der Waals surface area contributed by atoms with Crippen LogP contribution in [0.15, 0.2) is 36.4 Å². The number of piperidine rings is 1. The second kappa shape index (κ2) is 8.11. The molecule has 0 atom stereocenters. The summed E-state index contributed by atoms with van der Waals surface area (Å²) < 4.78 is 29.8. The minimum Gasteiger partial charge on any atom is -0.494 e. The van der Waals surface area contributed by atoms with Crippen LogP contribution in [-0.4, -0.2) is 50.0 Å². The molecule has 1 saturated heterocycles. The first-order valence-electron chi connectivity index (χ1n) is 9.63. The van der Waals surface area contributed by atoms with Crippen LogP contribution in [0.1, 0.15) is 33.6 Å². The van der Waals surface area contributed by atoms with Crippen molar-refractivity contribution in [3.05, 3.63) is 53.3 Å². The van der Waals surface area contributed by atoms with Gasteiger partial charge in [-0.25, -0.2) is 4.39 Å². The summed E-state index contributed by atoms with van der Waals surface area (Å²) in [4.78, 5) is 27.2. The normalized spacial score (nSPS) is 16.4. The van der Waals surface area contributed by atoms with Crippen molar-refractivity contribution in [1.29, 1.82) is 0 Å². The van der Waals surface area contributed by atoms with Gasteiger partial charge in [0.15, 0.2) is 28.8 Å². The fourth-order valence-electron chi connectivity index (χ4n) is 3.76. The Morgan fingerprint density at radius 2 is 1.69 bits per heavy atom.